The molecule has 0 aliphatic heterocycles. The summed E-state index contributed by atoms with van der Waals surface area (Å²) in [5.74, 6) is 4.23. The van der Waals surface area contributed by atoms with E-state index in [0.717, 1.165) is 33.4 Å². The number of hydrogen-bond donors (Lipinski definition) is 1. The van der Waals surface area contributed by atoms with Gasteiger partial charge in [-0.1, -0.05) is 96.0 Å². The van der Waals surface area contributed by atoms with Crippen molar-refractivity contribution in [2.24, 2.45) is 0 Å². The fraction of sp³-hybridized carbons (Fsp3) is 0.338. The second-order valence-electron chi connectivity index (χ2n) is 25.0. The summed E-state index contributed by atoms with van der Waals surface area (Å²) in [7, 11) is -1.93. The van der Waals surface area contributed by atoms with Gasteiger partial charge in [0.15, 0.2) is 0 Å². The molecular formula is C80H100Cl2N6O13S3Sn. The number of aliphatic hydroxyl groups is 1. The molecule has 0 fully saturated rings. The number of nitrogens with zero attached hydrogens (tertiary/aromatic N) is 6. The van der Waals surface area contributed by atoms with Gasteiger partial charge < -0.3 is 33.5 Å². The van der Waals surface area contributed by atoms with Crippen LogP contribution in [0.4, 0.5) is 0 Å². The molecule has 0 saturated heterocycles. The zero-order valence-corrected chi connectivity index (χ0v) is 68.8. The van der Waals surface area contributed by atoms with Crippen molar-refractivity contribution in [3.63, 3.8) is 0 Å². The average molecular weight is 1640 g/mol. The molecule has 3 aromatic heterocycles. The molecule has 3 heterocycles. The minimum Gasteiger partial charge on any atom is -0.497 e. The van der Waals surface area contributed by atoms with Crippen molar-refractivity contribution in [3.8, 4) is 34.5 Å². The van der Waals surface area contributed by atoms with Crippen LogP contribution in [0.25, 0.3) is 0 Å². The van der Waals surface area contributed by atoms with Gasteiger partial charge in [0.1, 0.15) is 59.5 Å². The van der Waals surface area contributed by atoms with Crippen molar-refractivity contribution >= 4 is 71.6 Å². The Bertz CT molecular complexity index is 4060. The summed E-state index contributed by atoms with van der Waals surface area (Å²) in [6, 6.07) is 52.6. The maximum Gasteiger partial charge on any atom is 0.245 e. The van der Waals surface area contributed by atoms with Crippen LogP contribution in [0, 0.1) is 0 Å². The fourth-order valence-electron chi connectivity index (χ4n) is 11.1. The maximum absolute atomic E-state index is 13.4. The number of aliphatic hydroxyl groups excluding tert-OH is 1. The number of benzene rings is 6. The first-order valence-corrected chi connectivity index (χ1v) is 47.2. The van der Waals surface area contributed by atoms with Crippen LogP contribution < -0.4 is 28.4 Å². The number of unbranched alkanes of at least 4 members (excludes halogenated alkanes) is 3. The van der Waals surface area contributed by atoms with Gasteiger partial charge >= 0.3 is 108 Å². The van der Waals surface area contributed by atoms with E-state index in [1.54, 1.807) is 139 Å². The number of halogens is 2. The number of hydrogen-bond acceptors (Lipinski definition) is 16. The Morgan fingerprint density at radius 3 is 0.771 bits per heavy atom. The number of aromatic nitrogens is 3. The molecule has 9 rings (SSSR count). The van der Waals surface area contributed by atoms with E-state index in [9.17, 15) is 30.4 Å². The Morgan fingerprint density at radius 2 is 0.610 bits per heavy atom. The second kappa shape index (κ2) is 43.3. The normalized spacial score (nSPS) is 11.8. The molecule has 564 valence electrons. The number of methoxy groups -OCH3 is 6. The zero-order chi connectivity index (χ0) is 76.6. The Balaban J connectivity index is 0.000000225. The van der Waals surface area contributed by atoms with E-state index >= 15 is 0 Å². The molecule has 1 atom stereocenters. The summed E-state index contributed by atoms with van der Waals surface area (Å²) >= 11 is 9.68. The standard InChI is InChI=1S/C23H26N2O5S.2C21H21ClN2O4S.3C4H9.C3H5.Sn/c1-17(26)23-13-12-22(14-24-23)31(27,28)25(15-18-4-8-20(29-2)9-5-18)16-19-6-10-21(30-3)11-7-19;2*1-27-18-7-3-16(4-8-18)14-24(15-17-5-9-19(28-2)10-6-17)29(25,26)20-11-12-21(22)23-13-20;3*1-3-4-2;1-3-2;/h4-14,17,26H,15-16H2,1-3H3;2*3-13H,14-15H2,1-2H3;3*1,3-4H2,2H3;1H2,2H3;. The van der Waals surface area contributed by atoms with Gasteiger partial charge in [-0.15, -0.1) is 0 Å². The van der Waals surface area contributed by atoms with Gasteiger partial charge in [0.25, 0.3) is 0 Å². The van der Waals surface area contributed by atoms with Crippen molar-refractivity contribution in [1.29, 1.82) is 0 Å². The van der Waals surface area contributed by atoms with Crippen LogP contribution in [0.3, 0.4) is 0 Å². The van der Waals surface area contributed by atoms with Crippen molar-refractivity contribution in [2.75, 3.05) is 42.7 Å². The zero-order valence-electron chi connectivity index (χ0n) is 62.0. The quantitative estimate of drug-likeness (QED) is 0.0288. The van der Waals surface area contributed by atoms with Crippen molar-refractivity contribution in [3.05, 3.63) is 260 Å². The Kier molecular flexibility index (Phi) is 35.5. The summed E-state index contributed by atoms with van der Waals surface area (Å²) in [6.07, 6.45) is 11.5. The van der Waals surface area contributed by atoms with Gasteiger partial charge in [-0.3, -0.25) is 4.98 Å². The predicted molar refractivity (Wildman–Crippen MR) is 420 cm³/mol. The Hall–Kier alpha value is -7.62. The monoisotopic (exact) mass is 1640 g/mol. The van der Waals surface area contributed by atoms with Crippen LogP contribution >= 0.6 is 23.2 Å². The number of ether oxygens (including phenoxy) is 6. The molecule has 1 N–H and O–H groups in total. The number of rotatable bonds is 35. The van der Waals surface area contributed by atoms with Crippen LogP contribution in [0.2, 0.25) is 23.6 Å². The first-order valence-electron chi connectivity index (χ1n) is 34.6. The third-order valence-electron chi connectivity index (χ3n) is 17.5. The SMILES string of the molecule is C=[C](C)[Sn]([CH2]CCC)([CH2]CCC)[CH2]CCC.COc1ccc(CN(Cc2ccc(OC)cc2)S(=O)(=O)c2ccc(C(C)O)nc2)cc1.COc1ccc(CN(Cc2ccc(OC)cc2)S(=O)(=O)c2ccc(Cl)nc2)cc1.COc1ccc(CN(Cc2ccc(OC)cc2)S(=O)(=O)c2ccc(Cl)nc2)cc1. The molecular weight excluding hydrogens is 1540 g/mol. The average Bonchev–Trinajstić information content (AvgIpc) is 0.809. The summed E-state index contributed by atoms with van der Waals surface area (Å²) in [5, 5.41) is 10.1. The van der Waals surface area contributed by atoms with Crippen LogP contribution in [0.1, 0.15) is 118 Å². The van der Waals surface area contributed by atoms with E-state index < -0.39 is 54.6 Å². The molecule has 0 radical (unpaired) electrons. The molecule has 0 spiro atoms. The van der Waals surface area contributed by atoms with Crippen molar-refractivity contribution in [1.82, 2.24) is 27.9 Å². The third-order valence-corrected chi connectivity index (χ3v) is 39.7. The van der Waals surface area contributed by atoms with Gasteiger partial charge in [-0.25, -0.2) is 35.2 Å². The van der Waals surface area contributed by atoms with E-state index in [2.05, 4.69) is 49.2 Å². The van der Waals surface area contributed by atoms with E-state index in [1.165, 1.54) is 106 Å². The summed E-state index contributed by atoms with van der Waals surface area (Å²) < 4.78 is 122. The van der Waals surface area contributed by atoms with Gasteiger partial charge in [0.05, 0.1) is 54.5 Å². The van der Waals surface area contributed by atoms with Crippen LogP contribution in [-0.2, 0) is 69.3 Å². The van der Waals surface area contributed by atoms with Gasteiger partial charge in [0, 0.05) is 57.9 Å². The minimum atomic E-state index is -3.84. The molecule has 105 heavy (non-hydrogen) atoms. The molecule has 0 bridgehead atoms. The number of sulfonamides is 3. The van der Waals surface area contributed by atoms with Crippen molar-refractivity contribution in [2.45, 2.75) is 147 Å². The van der Waals surface area contributed by atoms with Gasteiger partial charge in [0.2, 0.25) is 30.1 Å². The molecule has 6 aromatic carbocycles. The van der Waals surface area contributed by atoms with E-state index in [4.69, 9.17) is 51.6 Å². The molecule has 1 unspecified atom stereocenters. The first kappa shape index (κ1) is 86.3. The van der Waals surface area contributed by atoms with Crippen LogP contribution in [0.5, 0.6) is 34.5 Å². The van der Waals surface area contributed by atoms with Crippen LogP contribution in [0.15, 0.2) is 225 Å². The van der Waals surface area contributed by atoms with Crippen LogP contribution in [-0.4, -0.2) is 119 Å². The third kappa shape index (κ3) is 26.7. The minimum absolute atomic E-state index is 0.0684. The molecule has 9 aromatic rings. The fourth-order valence-corrected chi connectivity index (χ4v) is 30.0. The van der Waals surface area contributed by atoms with E-state index in [-0.39, 0.29) is 64.3 Å². The van der Waals surface area contributed by atoms with E-state index in [0.29, 0.717) is 40.2 Å². The maximum atomic E-state index is 13.4. The molecule has 0 amide bonds. The largest absolute Gasteiger partial charge is 0.497 e. The van der Waals surface area contributed by atoms with E-state index in [1.807, 2.05) is 72.8 Å². The smallest absolute Gasteiger partial charge is 0.245 e. The topological polar surface area (TPSA) is 226 Å². The number of pyridine rings is 3. The molecule has 0 aliphatic rings. The molecule has 0 saturated carbocycles. The molecule has 19 nitrogen and oxygen atoms in total. The summed E-state index contributed by atoms with van der Waals surface area (Å²) in [4.78, 5) is 12.2. The molecule has 25 heteroatoms. The van der Waals surface area contributed by atoms with Gasteiger partial charge in [-0.05, 0) is 149 Å². The first-order chi connectivity index (χ1) is 50.3. The Labute approximate surface area is 637 Å². The molecule has 0 aliphatic carbocycles. The van der Waals surface area contributed by atoms with Gasteiger partial charge in [-0.2, -0.15) is 12.9 Å². The second-order valence-corrected chi connectivity index (χ2v) is 45.6. The summed E-state index contributed by atoms with van der Waals surface area (Å²) in [5.41, 5.74) is 5.41. The number of allylic oxidation sites excluding steroid dienone is 1. The predicted octanol–water partition coefficient (Wildman–Crippen LogP) is 17.8. The van der Waals surface area contributed by atoms with Crippen molar-refractivity contribution < 1.29 is 58.8 Å². The summed E-state index contributed by atoms with van der Waals surface area (Å²) in [6.45, 7) is 16.4. The Morgan fingerprint density at radius 1 is 0.390 bits per heavy atom.